The molecule has 0 N–H and O–H groups in total. The molecule has 0 amide bonds. The highest BCUT2D eigenvalue weighted by molar-refractivity contribution is 9.10. The first-order valence-corrected chi connectivity index (χ1v) is 7.37. The summed E-state index contributed by atoms with van der Waals surface area (Å²) in [6.07, 6.45) is 3.84. The summed E-state index contributed by atoms with van der Waals surface area (Å²) >= 11 is 5.26. The van der Waals surface area contributed by atoms with Crippen LogP contribution in [0.5, 0.6) is 0 Å². The van der Waals surface area contributed by atoms with Gasteiger partial charge in [0.05, 0.1) is 22.9 Å². The minimum atomic E-state index is -0.222. The van der Waals surface area contributed by atoms with E-state index in [0.29, 0.717) is 0 Å². The van der Waals surface area contributed by atoms with Crippen molar-refractivity contribution in [3.63, 3.8) is 0 Å². The Bertz CT molecular complexity index is 496. The van der Waals surface area contributed by atoms with Crippen LogP contribution in [0.15, 0.2) is 34.9 Å². The smallest absolute Gasteiger partial charge is 0.123 e. The number of nitrogens with zero attached hydrogens (tertiary/aromatic N) is 2. The Morgan fingerprint density at radius 2 is 2.06 bits per heavy atom. The average Bonchev–Trinajstić information content (AvgIpc) is 2.69. The molecule has 0 aliphatic carbocycles. The molecule has 0 saturated heterocycles. The SMILES string of the molecule is CSCCn1ncc(Br)c1-c1ccc(F)cc1. The minimum absolute atomic E-state index is 0.222. The summed E-state index contributed by atoms with van der Waals surface area (Å²) in [6, 6.07) is 6.47. The fourth-order valence-corrected chi connectivity index (χ4v) is 2.49. The van der Waals surface area contributed by atoms with Gasteiger partial charge < -0.3 is 0 Å². The first kappa shape index (κ1) is 12.6. The van der Waals surface area contributed by atoms with E-state index in [1.807, 2.05) is 4.68 Å². The Morgan fingerprint density at radius 1 is 1.35 bits per heavy atom. The highest BCUT2D eigenvalue weighted by Crippen LogP contribution is 2.28. The van der Waals surface area contributed by atoms with Gasteiger partial charge in [-0.1, -0.05) is 0 Å². The second-order valence-electron chi connectivity index (χ2n) is 3.56. The van der Waals surface area contributed by atoms with E-state index in [9.17, 15) is 4.39 Å². The van der Waals surface area contributed by atoms with E-state index in [2.05, 4.69) is 27.3 Å². The Balaban J connectivity index is 2.36. The maximum Gasteiger partial charge on any atom is 0.123 e. The highest BCUT2D eigenvalue weighted by Gasteiger charge is 2.10. The van der Waals surface area contributed by atoms with E-state index in [4.69, 9.17) is 0 Å². The summed E-state index contributed by atoms with van der Waals surface area (Å²) in [6.45, 7) is 0.847. The highest BCUT2D eigenvalue weighted by atomic mass is 79.9. The van der Waals surface area contributed by atoms with Gasteiger partial charge in [0.2, 0.25) is 0 Å². The van der Waals surface area contributed by atoms with Crippen LogP contribution in [0.2, 0.25) is 0 Å². The van der Waals surface area contributed by atoms with Gasteiger partial charge in [0.1, 0.15) is 5.82 Å². The molecule has 0 aliphatic heterocycles. The van der Waals surface area contributed by atoms with Gasteiger partial charge in [-0.25, -0.2) is 4.39 Å². The zero-order chi connectivity index (χ0) is 12.3. The molecule has 1 heterocycles. The zero-order valence-corrected chi connectivity index (χ0v) is 11.8. The fourth-order valence-electron chi connectivity index (χ4n) is 1.60. The van der Waals surface area contributed by atoms with E-state index >= 15 is 0 Å². The van der Waals surface area contributed by atoms with Crippen molar-refractivity contribution in [1.29, 1.82) is 0 Å². The van der Waals surface area contributed by atoms with Crippen molar-refractivity contribution < 1.29 is 4.39 Å². The third-order valence-corrected chi connectivity index (χ3v) is 3.59. The number of halogens is 2. The molecule has 0 atom stereocenters. The maximum atomic E-state index is 12.9. The summed E-state index contributed by atoms with van der Waals surface area (Å²) in [5.41, 5.74) is 1.97. The molecule has 0 unspecified atom stereocenters. The quantitative estimate of drug-likeness (QED) is 0.854. The molecule has 90 valence electrons. The summed E-state index contributed by atoms with van der Waals surface area (Å²) in [4.78, 5) is 0. The molecule has 0 fully saturated rings. The summed E-state index contributed by atoms with van der Waals surface area (Å²) in [5.74, 6) is 0.780. The van der Waals surface area contributed by atoms with Crippen molar-refractivity contribution in [3.05, 3.63) is 40.8 Å². The fraction of sp³-hybridized carbons (Fsp3) is 0.250. The molecule has 0 aliphatic rings. The molecule has 17 heavy (non-hydrogen) atoms. The zero-order valence-electron chi connectivity index (χ0n) is 9.36. The van der Waals surface area contributed by atoms with Crippen molar-refractivity contribution in [2.75, 3.05) is 12.0 Å². The lowest BCUT2D eigenvalue weighted by Gasteiger charge is -2.07. The normalized spacial score (nSPS) is 10.8. The van der Waals surface area contributed by atoms with E-state index in [0.717, 1.165) is 28.0 Å². The second kappa shape index (κ2) is 5.69. The van der Waals surface area contributed by atoms with Gasteiger partial charge in [-0.3, -0.25) is 4.68 Å². The van der Waals surface area contributed by atoms with Gasteiger partial charge in [-0.15, -0.1) is 0 Å². The largest absolute Gasteiger partial charge is 0.263 e. The van der Waals surface area contributed by atoms with Crippen LogP contribution in [-0.4, -0.2) is 21.8 Å². The molecular formula is C12H12BrFN2S. The van der Waals surface area contributed by atoms with Crippen LogP contribution >= 0.6 is 27.7 Å². The number of hydrogen-bond donors (Lipinski definition) is 0. The number of aromatic nitrogens is 2. The number of thioether (sulfide) groups is 1. The van der Waals surface area contributed by atoms with Crippen molar-refractivity contribution in [3.8, 4) is 11.3 Å². The first-order valence-electron chi connectivity index (χ1n) is 5.18. The Kier molecular flexibility index (Phi) is 4.23. The molecule has 2 nitrogen and oxygen atoms in total. The number of aryl methyl sites for hydroxylation is 1. The Morgan fingerprint density at radius 3 is 2.71 bits per heavy atom. The lowest BCUT2D eigenvalue weighted by Crippen LogP contribution is -2.04. The van der Waals surface area contributed by atoms with Crippen molar-refractivity contribution in [2.24, 2.45) is 0 Å². The molecule has 0 spiro atoms. The van der Waals surface area contributed by atoms with Gasteiger partial charge in [0.25, 0.3) is 0 Å². The van der Waals surface area contributed by atoms with Crippen LogP contribution in [0, 0.1) is 5.82 Å². The second-order valence-corrected chi connectivity index (χ2v) is 5.40. The van der Waals surface area contributed by atoms with Gasteiger partial charge in [0, 0.05) is 11.3 Å². The lowest BCUT2D eigenvalue weighted by molar-refractivity contribution is 0.627. The van der Waals surface area contributed by atoms with Crippen LogP contribution in [0.4, 0.5) is 4.39 Å². The maximum absolute atomic E-state index is 12.9. The van der Waals surface area contributed by atoms with Crippen molar-refractivity contribution in [1.82, 2.24) is 9.78 Å². The van der Waals surface area contributed by atoms with Crippen LogP contribution in [0.3, 0.4) is 0 Å². The monoisotopic (exact) mass is 314 g/mol. The average molecular weight is 315 g/mol. The number of benzene rings is 1. The third-order valence-electron chi connectivity index (χ3n) is 2.42. The summed E-state index contributed by atoms with van der Waals surface area (Å²) in [7, 11) is 0. The van der Waals surface area contributed by atoms with E-state index in [1.165, 1.54) is 12.1 Å². The molecule has 2 aromatic rings. The summed E-state index contributed by atoms with van der Waals surface area (Å²) < 4.78 is 15.8. The van der Waals surface area contributed by atoms with Crippen molar-refractivity contribution in [2.45, 2.75) is 6.54 Å². The predicted molar refractivity (Wildman–Crippen MR) is 73.7 cm³/mol. The molecule has 2 rings (SSSR count). The van der Waals surface area contributed by atoms with Crippen LogP contribution < -0.4 is 0 Å². The van der Waals surface area contributed by atoms with Crippen LogP contribution in [-0.2, 0) is 6.54 Å². The van der Waals surface area contributed by atoms with Gasteiger partial charge >= 0.3 is 0 Å². The van der Waals surface area contributed by atoms with Crippen LogP contribution in [0.25, 0.3) is 11.3 Å². The molecule has 0 bridgehead atoms. The molecule has 0 saturated carbocycles. The Hall–Kier alpha value is -0.810. The van der Waals surface area contributed by atoms with Gasteiger partial charge in [0.15, 0.2) is 0 Å². The minimum Gasteiger partial charge on any atom is -0.263 e. The standard InChI is InChI=1S/C12H12BrFN2S/c1-17-7-6-16-12(11(13)8-15-16)9-2-4-10(14)5-3-9/h2-5,8H,6-7H2,1H3. The number of rotatable bonds is 4. The van der Waals surface area contributed by atoms with E-state index in [1.54, 1.807) is 30.1 Å². The van der Waals surface area contributed by atoms with Gasteiger partial charge in [-0.2, -0.15) is 16.9 Å². The molecule has 5 heteroatoms. The lowest BCUT2D eigenvalue weighted by atomic mass is 10.1. The molecule has 0 radical (unpaired) electrons. The Labute approximate surface area is 112 Å². The van der Waals surface area contributed by atoms with E-state index < -0.39 is 0 Å². The van der Waals surface area contributed by atoms with Crippen LogP contribution in [0.1, 0.15) is 0 Å². The first-order chi connectivity index (χ1) is 8.22. The summed E-state index contributed by atoms with van der Waals surface area (Å²) in [5, 5.41) is 4.31. The van der Waals surface area contributed by atoms with E-state index in [-0.39, 0.29) is 5.82 Å². The molecule has 1 aromatic heterocycles. The number of hydrogen-bond acceptors (Lipinski definition) is 2. The predicted octanol–water partition coefficient (Wildman–Crippen LogP) is 3.81. The van der Waals surface area contributed by atoms with Crippen molar-refractivity contribution >= 4 is 27.7 Å². The topological polar surface area (TPSA) is 17.8 Å². The molecule has 1 aromatic carbocycles. The molecular weight excluding hydrogens is 303 g/mol. The third kappa shape index (κ3) is 2.90. The van der Waals surface area contributed by atoms with Gasteiger partial charge in [-0.05, 0) is 46.5 Å².